The summed E-state index contributed by atoms with van der Waals surface area (Å²) in [5.74, 6) is 0. The van der Waals surface area contributed by atoms with Crippen molar-refractivity contribution in [2.75, 3.05) is 45.9 Å². The number of halogens is 1. The standard InChI is InChI=1S/C17H35IN2O/c1-7-21-14-17(5,6)12-16(3,4)13-19-8-10-20(11-9-19)15(2)18/h15H,7-14H2,1-6H3. The normalized spacial score (nSPS) is 20.7. The average Bonchev–Trinajstić information content (AvgIpc) is 2.35. The maximum absolute atomic E-state index is 5.65. The molecule has 1 heterocycles. The Morgan fingerprint density at radius 2 is 1.62 bits per heavy atom. The van der Waals surface area contributed by atoms with E-state index in [1.54, 1.807) is 0 Å². The quantitative estimate of drug-likeness (QED) is 0.343. The van der Waals surface area contributed by atoms with Crippen molar-refractivity contribution in [3.05, 3.63) is 0 Å². The second-order valence-electron chi connectivity index (χ2n) is 8.03. The van der Waals surface area contributed by atoms with Crippen LogP contribution in [-0.4, -0.2) is 59.8 Å². The van der Waals surface area contributed by atoms with Gasteiger partial charge in [-0.1, -0.05) is 50.3 Å². The summed E-state index contributed by atoms with van der Waals surface area (Å²) in [6.07, 6.45) is 1.21. The van der Waals surface area contributed by atoms with Gasteiger partial charge in [0.05, 0.1) is 10.7 Å². The van der Waals surface area contributed by atoms with Crippen LogP contribution in [0.3, 0.4) is 0 Å². The number of hydrogen-bond donors (Lipinski definition) is 0. The second-order valence-corrected chi connectivity index (χ2v) is 9.83. The third-order valence-corrected chi connectivity index (χ3v) is 5.00. The van der Waals surface area contributed by atoms with Crippen molar-refractivity contribution in [1.29, 1.82) is 0 Å². The SMILES string of the molecule is CCOCC(C)(C)CC(C)(C)CN1CCN(C(C)I)CC1. The van der Waals surface area contributed by atoms with Gasteiger partial charge in [0.2, 0.25) is 0 Å². The number of nitrogens with zero attached hydrogens (tertiary/aromatic N) is 2. The topological polar surface area (TPSA) is 15.7 Å². The van der Waals surface area contributed by atoms with Crippen LogP contribution in [0.5, 0.6) is 0 Å². The molecular weight excluding hydrogens is 375 g/mol. The smallest absolute Gasteiger partial charge is 0.0590 e. The molecule has 0 N–H and O–H groups in total. The van der Waals surface area contributed by atoms with Gasteiger partial charge in [-0.2, -0.15) is 0 Å². The Balaban J connectivity index is 2.42. The molecule has 4 heteroatoms. The molecule has 1 unspecified atom stereocenters. The molecule has 0 aromatic rings. The van der Waals surface area contributed by atoms with E-state index in [-0.39, 0.29) is 5.41 Å². The van der Waals surface area contributed by atoms with Crippen LogP contribution in [-0.2, 0) is 4.74 Å². The van der Waals surface area contributed by atoms with Crippen LogP contribution in [0.25, 0.3) is 0 Å². The molecule has 0 aliphatic carbocycles. The first kappa shape index (κ1) is 19.7. The first-order valence-corrected chi connectivity index (χ1v) is 9.58. The van der Waals surface area contributed by atoms with Crippen LogP contribution in [0.1, 0.15) is 48.0 Å². The monoisotopic (exact) mass is 410 g/mol. The molecular formula is C17H35IN2O. The molecule has 1 aliphatic rings. The van der Waals surface area contributed by atoms with Gasteiger partial charge in [0.1, 0.15) is 0 Å². The van der Waals surface area contributed by atoms with E-state index in [2.05, 4.69) is 73.9 Å². The fraction of sp³-hybridized carbons (Fsp3) is 1.00. The van der Waals surface area contributed by atoms with Gasteiger partial charge in [0.15, 0.2) is 0 Å². The van der Waals surface area contributed by atoms with Gasteiger partial charge >= 0.3 is 0 Å². The zero-order valence-corrected chi connectivity index (χ0v) is 17.1. The van der Waals surface area contributed by atoms with Crippen molar-refractivity contribution in [2.24, 2.45) is 10.8 Å². The molecule has 0 aromatic heterocycles. The Morgan fingerprint density at radius 3 is 2.10 bits per heavy atom. The van der Waals surface area contributed by atoms with Crippen LogP contribution in [0, 0.1) is 10.8 Å². The van der Waals surface area contributed by atoms with Crippen molar-refractivity contribution in [3.63, 3.8) is 0 Å². The molecule has 1 saturated heterocycles. The minimum absolute atomic E-state index is 0.262. The third-order valence-electron chi connectivity index (χ3n) is 4.22. The molecule has 1 aliphatic heterocycles. The Bertz CT molecular complexity index is 297. The molecule has 126 valence electrons. The fourth-order valence-corrected chi connectivity index (χ4v) is 4.22. The van der Waals surface area contributed by atoms with Crippen LogP contribution in [0.4, 0.5) is 0 Å². The summed E-state index contributed by atoms with van der Waals surface area (Å²) in [6.45, 7) is 21.6. The maximum atomic E-state index is 5.65. The molecule has 0 amide bonds. The van der Waals surface area contributed by atoms with E-state index in [0.717, 1.165) is 13.2 Å². The van der Waals surface area contributed by atoms with Gasteiger partial charge in [0.25, 0.3) is 0 Å². The van der Waals surface area contributed by atoms with Crippen molar-refractivity contribution in [3.8, 4) is 0 Å². The van der Waals surface area contributed by atoms with E-state index in [0.29, 0.717) is 9.46 Å². The van der Waals surface area contributed by atoms with Gasteiger partial charge < -0.3 is 9.64 Å². The number of hydrogen-bond acceptors (Lipinski definition) is 3. The summed E-state index contributed by atoms with van der Waals surface area (Å²) < 4.78 is 6.31. The predicted octanol–water partition coefficient (Wildman–Crippen LogP) is 3.86. The van der Waals surface area contributed by atoms with Crippen molar-refractivity contribution in [2.45, 2.75) is 52.0 Å². The molecule has 21 heavy (non-hydrogen) atoms. The van der Waals surface area contributed by atoms with E-state index < -0.39 is 0 Å². The zero-order valence-electron chi connectivity index (χ0n) is 14.9. The second kappa shape index (κ2) is 8.46. The lowest BCUT2D eigenvalue weighted by Gasteiger charge is -2.42. The molecule has 0 radical (unpaired) electrons. The lowest BCUT2D eigenvalue weighted by atomic mass is 9.75. The number of rotatable bonds is 8. The van der Waals surface area contributed by atoms with E-state index >= 15 is 0 Å². The highest BCUT2D eigenvalue weighted by Crippen LogP contribution is 2.34. The van der Waals surface area contributed by atoms with E-state index in [4.69, 9.17) is 4.74 Å². The number of piperazine rings is 1. The third kappa shape index (κ3) is 7.62. The summed E-state index contributed by atoms with van der Waals surface area (Å²) in [5.41, 5.74) is 0.608. The first-order valence-electron chi connectivity index (χ1n) is 8.33. The van der Waals surface area contributed by atoms with Crippen molar-refractivity contribution in [1.82, 2.24) is 9.80 Å². The largest absolute Gasteiger partial charge is 0.381 e. The van der Waals surface area contributed by atoms with Crippen LogP contribution in [0.15, 0.2) is 0 Å². The highest BCUT2D eigenvalue weighted by molar-refractivity contribution is 14.1. The Kier molecular flexibility index (Phi) is 7.92. The molecule has 1 fully saturated rings. The summed E-state index contributed by atoms with van der Waals surface area (Å²) in [7, 11) is 0. The van der Waals surface area contributed by atoms with Crippen LogP contribution < -0.4 is 0 Å². The van der Waals surface area contributed by atoms with Crippen LogP contribution in [0.2, 0.25) is 0 Å². The van der Waals surface area contributed by atoms with Crippen molar-refractivity contribution < 1.29 is 4.74 Å². The Labute approximate surface area is 145 Å². The fourth-order valence-electron chi connectivity index (χ4n) is 3.66. The minimum atomic E-state index is 0.262. The van der Waals surface area contributed by atoms with E-state index in [9.17, 15) is 0 Å². The van der Waals surface area contributed by atoms with Gasteiger partial charge in [-0.15, -0.1) is 0 Å². The minimum Gasteiger partial charge on any atom is -0.381 e. The lowest BCUT2D eigenvalue weighted by Crippen LogP contribution is -2.50. The molecule has 1 atom stereocenters. The lowest BCUT2D eigenvalue weighted by molar-refractivity contribution is 0.0260. The maximum Gasteiger partial charge on any atom is 0.0590 e. The van der Waals surface area contributed by atoms with Gasteiger partial charge in [-0.25, -0.2) is 0 Å². The molecule has 0 bridgehead atoms. The van der Waals surface area contributed by atoms with Gasteiger partial charge in [0, 0.05) is 39.3 Å². The van der Waals surface area contributed by atoms with Gasteiger partial charge in [-0.05, 0) is 31.1 Å². The summed E-state index contributed by atoms with van der Waals surface area (Å²) in [5, 5.41) is 0. The summed E-state index contributed by atoms with van der Waals surface area (Å²) >= 11 is 2.52. The van der Waals surface area contributed by atoms with Crippen molar-refractivity contribution >= 4 is 22.6 Å². The Morgan fingerprint density at radius 1 is 1.05 bits per heavy atom. The average molecular weight is 410 g/mol. The first-order chi connectivity index (χ1) is 9.65. The molecule has 1 rings (SSSR count). The number of alkyl halides is 1. The predicted molar refractivity (Wildman–Crippen MR) is 100 cm³/mol. The Hall–Kier alpha value is 0.610. The van der Waals surface area contributed by atoms with Gasteiger partial charge in [-0.3, -0.25) is 4.90 Å². The van der Waals surface area contributed by atoms with E-state index in [1.165, 1.54) is 39.1 Å². The summed E-state index contributed by atoms with van der Waals surface area (Å²) in [6, 6.07) is 0. The molecule has 0 aromatic carbocycles. The number of ether oxygens (including phenoxy) is 1. The highest BCUT2D eigenvalue weighted by Gasteiger charge is 2.31. The molecule has 0 spiro atoms. The summed E-state index contributed by atoms with van der Waals surface area (Å²) in [4.78, 5) is 5.22. The molecule has 0 saturated carbocycles. The van der Waals surface area contributed by atoms with E-state index in [1.807, 2.05) is 0 Å². The van der Waals surface area contributed by atoms with Crippen LogP contribution >= 0.6 is 22.6 Å². The highest BCUT2D eigenvalue weighted by atomic mass is 127. The molecule has 3 nitrogen and oxygen atoms in total. The zero-order chi connectivity index (χ0) is 16.1.